The lowest BCUT2D eigenvalue weighted by atomic mass is 10.1. The number of carbonyl (C=O) groups is 1. The summed E-state index contributed by atoms with van der Waals surface area (Å²) in [7, 11) is 1.52. The van der Waals surface area contributed by atoms with Crippen molar-refractivity contribution < 1.29 is 23.7 Å². The summed E-state index contributed by atoms with van der Waals surface area (Å²) in [6.45, 7) is 3.02. The number of hydrogen-bond acceptors (Lipinski definition) is 5. The number of methoxy groups -OCH3 is 1. The second kappa shape index (κ2) is 4.95. The van der Waals surface area contributed by atoms with Gasteiger partial charge in [0.1, 0.15) is 13.2 Å². The van der Waals surface area contributed by atoms with Gasteiger partial charge in [-0.05, 0) is 19.1 Å². The molecule has 0 atom stereocenters. The molecule has 0 fully saturated rings. The molecule has 17 heavy (non-hydrogen) atoms. The van der Waals surface area contributed by atoms with E-state index in [9.17, 15) is 4.79 Å². The Kier molecular flexibility index (Phi) is 3.37. The van der Waals surface area contributed by atoms with Crippen LogP contribution >= 0.6 is 0 Å². The van der Waals surface area contributed by atoms with Crippen LogP contribution in [0.2, 0.25) is 0 Å². The van der Waals surface area contributed by atoms with Crippen molar-refractivity contribution in [3.63, 3.8) is 0 Å². The minimum atomic E-state index is -0.400. The van der Waals surface area contributed by atoms with E-state index in [2.05, 4.69) is 0 Å². The van der Waals surface area contributed by atoms with Gasteiger partial charge in [0, 0.05) is 0 Å². The summed E-state index contributed by atoms with van der Waals surface area (Å²) >= 11 is 0. The number of benzene rings is 1. The average Bonchev–Trinajstić information content (AvgIpc) is 2.37. The maximum absolute atomic E-state index is 11.6. The van der Waals surface area contributed by atoms with Crippen molar-refractivity contribution in [2.45, 2.75) is 6.92 Å². The van der Waals surface area contributed by atoms with E-state index in [1.807, 2.05) is 0 Å². The third-order valence-corrected chi connectivity index (χ3v) is 2.34. The molecule has 1 aromatic carbocycles. The minimum Gasteiger partial charge on any atom is -0.493 e. The van der Waals surface area contributed by atoms with Crippen molar-refractivity contribution in [3.8, 4) is 17.2 Å². The number of rotatable bonds is 3. The Bertz CT molecular complexity index is 410. The second-order valence-electron chi connectivity index (χ2n) is 3.42. The van der Waals surface area contributed by atoms with Crippen LogP contribution in [0.3, 0.4) is 0 Å². The van der Waals surface area contributed by atoms with Gasteiger partial charge in [-0.3, -0.25) is 0 Å². The van der Waals surface area contributed by atoms with Gasteiger partial charge in [0.25, 0.3) is 0 Å². The lowest BCUT2D eigenvalue weighted by Gasteiger charge is -2.21. The Labute approximate surface area is 99.2 Å². The highest BCUT2D eigenvalue weighted by atomic mass is 16.6. The third-order valence-electron chi connectivity index (χ3n) is 2.34. The van der Waals surface area contributed by atoms with E-state index in [1.165, 1.54) is 7.11 Å². The predicted molar refractivity (Wildman–Crippen MR) is 59.9 cm³/mol. The van der Waals surface area contributed by atoms with Gasteiger partial charge in [-0.2, -0.15) is 0 Å². The van der Waals surface area contributed by atoms with Crippen LogP contribution in [-0.2, 0) is 4.74 Å². The van der Waals surface area contributed by atoms with E-state index >= 15 is 0 Å². The molecule has 92 valence electrons. The molecule has 5 nitrogen and oxygen atoms in total. The quantitative estimate of drug-likeness (QED) is 0.749. The van der Waals surface area contributed by atoms with Crippen LogP contribution in [0, 0.1) is 0 Å². The first-order chi connectivity index (χ1) is 8.26. The first kappa shape index (κ1) is 11.6. The molecule has 0 saturated carbocycles. The fourth-order valence-electron chi connectivity index (χ4n) is 1.61. The van der Waals surface area contributed by atoms with Gasteiger partial charge in [0.15, 0.2) is 11.5 Å². The van der Waals surface area contributed by atoms with Crippen LogP contribution in [0.1, 0.15) is 17.3 Å². The number of hydrogen-bond donors (Lipinski definition) is 0. The zero-order chi connectivity index (χ0) is 12.3. The SMILES string of the molecule is CCOC(=O)c1cc(OC)c2c(c1)OCCO2. The molecule has 0 amide bonds. The van der Waals surface area contributed by atoms with E-state index < -0.39 is 5.97 Å². The van der Waals surface area contributed by atoms with Gasteiger partial charge in [0.2, 0.25) is 5.75 Å². The van der Waals surface area contributed by atoms with Crippen LogP contribution in [0.15, 0.2) is 12.1 Å². The lowest BCUT2D eigenvalue weighted by molar-refractivity contribution is 0.0524. The van der Waals surface area contributed by atoms with Crippen molar-refractivity contribution in [1.29, 1.82) is 0 Å². The molecular formula is C12H14O5. The van der Waals surface area contributed by atoms with E-state index in [0.717, 1.165) is 0 Å². The maximum atomic E-state index is 11.6. The van der Waals surface area contributed by atoms with Crippen LogP contribution in [0.4, 0.5) is 0 Å². The van der Waals surface area contributed by atoms with Crippen molar-refractivity contribution >= 4 is 5.97 Å². The number of carbonyl (C=O) groups excluding carboxylic acids is 1. The molecule has 0 spiro atoms. The van der Waals surface area contributed by atoms with Crippen molar-refractivity contribution in [2.75, 3.05) is 26.9 Å². The van der Waals surface area contributed by atoms with E-state index in [0.29, 0.717) is 42.6 Å². The van der Waals surface area contributed by atoms with Gasteiger partial charge in [-0.1, -0.05) is 0 Å². The first-order valence-corrected chi connectivity index (χ1v) is 5.41. The minimum absolute atomic E-state index is 0.329. The Morgan fingerprint density at radius 3 is 2.82 bits per heavy atom. The molecule has 0 unspecified atom stereocenters. The summed E-state index contributed by atoms with van der Waals surface area (Å²) in [5.41, 5.74) is 0.396. The Balaban J connectivity index is 2.39. The topological polar surface area (TPSA) is 54.0 Å². The standard InChI is InChI=1S/C12H14O5/c1-3-15-12(13)8-6-9(14-2)11-10(7-8)16-4-5-17-11/h6-7H,3-5H2,1-2H3. The van der Waals surface area contributed by atoms with E-state index in [-0.39, 0.29) is 0 Å². The van der Waals surface area contributed by atoms with Crippen molar-refractivity contribution in [2.24, 2.45) is 0 Å². The highest BCUT2D eigenvalue weighted by molar-refractivity contribution is 5.91. The zero-order valence-electron chi connectivity index (χ0n) is 9.82. The summed E-state index contributed by atoms with van der Waals surface area (Å²) in [6, 6.07) is 3.19. The predicted octanol–water partition coefficient (Wildman–Crippen LogP) is 1.64. The molecule has 1 heterocycles. The Morgan fingerprint density at radius 1 is 1.35 bits per heavy atom. The van der Waals surface area contributed by atoms with Gasteiger partial charge in [0.05, 0.1) is 19.3 Å². The Morgan fingerprint density at radius 2 is 2.12 bits per heavy atom. The van der Waals surface area contributed by atoms with Crippen LogP contribution < -0.4 is 14.2 Å². The van der Waals surface area contributed by atoms with Crippen LogP contribution in [0.25, 0.3) is 0 Å². The van der Waals surface area contributed by atoms with Crippen LogP contribution in [0.5, 0.6) is 17.2 Å². The molecule has 0 aliphatic carbocycles. The highest BCUT2D eigenvalue weighted by Crippen LogP contribution is 2.40. The highest BCUT2D eigenvalue weighted by Gasteiger charge is 2.21. The zero-order valence-corrected chi connectivity index (χ0v) is 9.82. The Hall–Kier alpha value is -1.91. The van der Waals surface area contributed by atoms with Gasteiger partial charge < -0.3 is 18.9 Å². The van der Waals surface area contributed by atoms with Gasteiger partial charge >= 0.3 is 5.97 Å². The largest absolute Gasteiger partial charge is 0.493 e. The molecule has 2 rings (SSSR count). The monoisotopic (exact) mass is 238 g/mol. The summed E-state index contributed by atoms with van der Waals surface area (Å²) < 4.78 is 21.0. The molecule has 0 saturated heterocycles. The molecule has 0 bridgehead atoms. The summed E-state index contributed by atoms with van der Waals surface area (Å²) in [4.78, 5) is 11.6. The first-order valence-electron chi connectivity index (χ1n) is 5.41. The molecular weight excluding hydrogens is 224 g/mol. The molecule has 0 aromatic heterocycles. The fourth-order valence-corrected chi connectivity index (χ4v) is 1.61. The molecule has 0 radical (unpaired) electrons. The van der Waals surface area contributed by atoms with E-state index in [4.69, 9.17) is 18.9 Å². The molecule has 1 aromatic rings. The van der Waals surface area contributed by atoms with E-state index in [1.54, 1.807) is 19.1 Å². The molecule has 0 N–H and O–H groups in total. The second-order valence-corrected chi connectivity index (χ2v) is 3.42. The number of esters is 1. The third kappa shape index (κ3) is 2.27. The fraction of sp³-hybridized carbons (Fsp3) is 0.417. The number of ether oxygens (including phenoxy) is 4. The smallest absolute Gasteiger partial charge is 0.338 e. The van der Waals surface area contributed by atoms with Crippen LogP contribution in [-0.4, -0.2) is 32.9 Å². The van der Waals surface area contributed by atoms with Crippen molar-refractivity contribution in [1.82, 2.24) is 0 Å². The lowest BCUT2D eigenvalue weighted by Crippen LogP contribution is -2.17. The van der Waals surface area contributed by atoms with Gasteiger partial charge in [-0.25, -0.2) is 4.79 Å². The molecule has 1 aliphatic rings. The molecule has 5 heteroatoms. The van der Waals surface area contributed by atoms with Gasteiger partial charge in [-0.15, -0.1) is 0 Å². The summed E-state index contributed by atoms with van der Waals surface area (Å²) in [6.07, 6.45) is 0. The summed E-state index contributed by atoms with van der Waals surface area (Å²) in [5, 5.41) is 0. The van der Waals surface area contributed by atoms with Crippen molar-refractivity contribution in [3.05, 3.63) is 17.7 Å². The molecule has 1 aliphatic heterocycles. The average molecular weight is 238 g/mol. The number of fused-ring (bicyclic) bond motifs is 1. The summed E-state index contributed by atoms with van der Waals surface area (Å²) in [5.74, 6) is 1.12. The normalized spacial score (nSPS) is 13.1. The maximum Gasteiger partial charge on any atom is 0.338 e.